The number of amides is 2. The molecule has 7 nitrogen and oxygen atoms in total. The first-order valence-electron chi connectivity index (χ1n) is 11.3. The van der Waals surface area contributed by atoms with Gasteiger partial charge in [-0.3, -0.25) is 14.4 Å². The lowest BCUT2D eigenvalue weighted by molar-refractivity contribution is -0.138. The highest BCUT2D eigenvalue weighted by Gasteiger charge is 2.51. The number of hydroxylamine groups is 1. The van der Waals surface area contributed by atoms with Crippen molar-refractivity contribution in [1.29, 1.82) is 0 Å². The fourth-order valence-corrected chi connectivity index (χ4v) is 5.34. The van der Waals surface area contributed by atoms with Crippen LogP contribution in [0.15, 0.2) is 71.8 Å². The molecule has 2 heterocycles. The van der Waals surface area contributed by atoms with Crippen LogP contribution in [0.3, 0.4) is 0 Å². The Hall–Kier alpha value is -2.68. The molecule has 35 heavy (non-hydrogen) atoms. The molecule has 2 amide bonds. The van der Waals surface area contributed by atoms with E-state index in [1.54, 1.807) is 47.4 Å². The Morgan fingerprint density at radius 3 is 2.60 bits per heavy atom. The topological polar surface area (TPSA) is 88.1 Å². The summed E-state index contributed by atoms with van der Waals surface area (Å²) in [5.41, 5.74) is 4.43. The van der Waals surface area contributed by atoms with E-state index in [0.717, 1.165) is 5.56 Å². The van der Waals surface area contributed by atoms with E-state index in [1.807, 2.05) is 24.3 Å². The lowest BCUT2D eigenvalue weighted by Gasteiger charge is -2.46. The summed E-state index contributed by atoms with van der Waals surface area (Å²) in [6, 6.07) is 12.9. The maximum atomic E-state index is 13.7. The molecule has 3 aliphatic rings. The molecule has 2 aromatic rings. The van der Waals surface area contributed by atoms with Crippen molar-refractivity contribution in [1.82, 2.24) is 10.4 Å². The minimum Gasteiger partial charge on any atom is -0.388 e. The molecule has 0 bridgehead atoms. The largest absolute Gasteiger partial charge is 0.388 e. The molecule has 2 N–H and O–H groups in total. The summed E-state index contributed by atoms with van der Waals surface area (Å²) in [5.74, 6) is -1.75. The van der Waals surface area contributed by atoms with Crippen LogP contribution in [0.2, 0.25) is 5.02 Å². The summed E-state index contributed by atoms with van der Waals surface area (Å²) in [5, 5.41) is 11.8. The maximum absolute atomic E-state index is 13.7. The molecule has 2 aliphatic heterocycles. The van der Waals surface area contributed by atoms with E-state index in [2.05, 4.69) is 5.48 Å². The van der Waals surface area contributed by atoms with E-state index < -0.39 is 30.0 Å². The Bertz CT molecular complexity index is 1180. The predicted molar refractivity (Wildman–Crippen MR) is 131 cm³/mol. The summed E-state index contributed by atoms with van der Waals surface area (Å²) < 4.78 is 5.47. The fraction of sp³-hybridized carbons (Fsp3) is 0.308. The van der Waals surface area contributed by atoms with Crippen LogP contribution in [0.4, 0.5) is 0 Å². The second kappa shape index (κ2) is 10.1. The summed E-state index contributed by atoms with van der Waals surface area (Å²) in [6.45, 7) is 0.455. The van der Waals surface area contributed by atoms with Gasteiger partial charge in [-0.25, -0.2) is 5.48 Å². The normalized spacial score (nSPS) is 27.6. The van der Waals surface area contributed by atoms with Gasteiger partial charge in [0.25, 0.3) is 11.8 Å². The SMILES string of the molecule is O=C(NOCc1ccc(Cl)cc1)C1c2ccccc2C(=O)N(C2COCC2O)C1C1C=CC(Cl)=C1. The van der Waals surface area contributed by atoms with Crippen molar-refractivity contribution in [3.8, 4) is 0 Å². The second-order valence-corrected chi connectivity index (χ2v) is 9.68. The van der Waals surface area contributed by atoms with Crippen LogP contribution < -0.4 is 5.48 Å². The minimum absolute atomic E-state index is 0.126. The zero-order chi connectivity index (χ0) is 24.5. The first-order chi connectivity index (χ1) is 16.9. The number of carbonyl (C=O) groups excluding carboxylic acids is 2. The van der Waals surface area contributed by atoms with Crippen molar-refractivity contribution in [2.45, 2.75) is 30.7 Å². The molecule has 0 saturated carbocycles. The average Bonchev–Trinajstić information content (AvgIpc) is 3.48. The van der Waals surface area contributed by atoms with Crippen molar-refractivity contribution >= 4 is 35.0 Å². The Labute approximate surface area is 212 Å². The number of aliphatic hydroxyl groups is 1. The highest BCUT2D eigenvalue weighted by Crippen LogP contribution is 2.42. The number of halogens is 2. The lowest BCUT2D eigenvalue weighted by atomic mass is 9.76. The zero-order valence-corrected chi connectivity index (χ0v) is 20.2. The quantitative estimate of drug-likeness (QED) is 0.575. The molecule has 0 aromatic heterocycles. The third kappa shape index (κ3) is 4.75. The zero-order valence-electron chi connectivity index (χ0n) is 18.6. The first-order valence-corrected chi connectivity index (χ1v) is 12.1. The van der Waals surface area contributed by atoms with Crippen molar-refractivity contribution in [3.63, 3.8) is 0 Å². The second-order valence-electron chi connectivity index (χ2n) is 8.81. The summed E-state index contributed by atoms with van der Waals surface area (Å²) in [7, 11) is 0. The molecule has 0 radical (unpaired) electrons. The van der Waals surface area contributed by atoms with Crippen LogP contribution in [0.5, 0.6) is 0 Å². The van der Waals surface area contributed by atoms with Crippen molar-refractivity contribution in [2.75, 3.05) is 13.2 Å². The van der Waals surface area contributed by atoms with Crippen molar-refractivity contribution in [3.05, 3.63) is 93.5 Å². The number of hydrogen-bond donors (Lipinski definition) is 2. The summed E-state index contributed by atoms with van der Waals surface area (Å²) in [6.07, 6.45) is 4.58. The highest BCUT2D eigenvalue weighted by molar-refractivity contribution is 6.31. The van der Waals surface area contributed by atoms with E-state index in [4.69, 9.17) is 32.8 Å². The van der Waals surface area contributed by atoms with Crippen LogP contribution >= 0.6 is 23.2 Å². The molecule has 2 aromatic carbocycles. The van der Waals surface area contributed by atoms with Gasteiger partial charge in [0, 0.05) is 21.5 Å². The number of allylic oxidation sites excluding steroid dienone is 2. The van der Waals surface area contributed by atoms with Gasteiger partial charge in [-0.2, -0.15) is 0 Å². The van der Waals surface area contributed by atoms with Gasteiger partial charge in [0.2, 0.25) is 0 Å². The molecular formula is C26H24Cl2N2O5. The lowest BCUT2D eigenvalue weighted by Crippen LogP contribution is -2.60. The number of rotatable bonds is 6. The third-order valence-electron chi connectivity index (χ3n) is 6.63. The Kier molecular flexibility index (Phi) is 6.95. The molecule has 1 saturated heterocycles. The summed E-state index contributed by atoms with van der Waals surface area (Å²) in [4.78, 5) is 34.5. The molecule has 1 aliphatic carbocycles. The molecule has 0 spiro atoms. The van der Waals surface area contributed by atoms with Crippen LogP contribution in [-0.2, 0) is 21.0 Å². The van der Waals surface area contributed by atoms with Crippen molar-refractivity contribution in [2.24, 2.45) is 5.92 Å². The number of ether oxygens (including phenoxy) is 1. The molecular weight excluding hydrogens is 491 g/mol. The number of benzene rings is 2. The Morgan fingerprint density at radius 2 is 1.91 bits per heavy atom. The average molecular weight is 515 g/mol. The van der Waals surface area contributed by atoms with E-state index in [0.29, 0.717) is 21.2 Å². The minimum atomic E-state index is -0.860. The predicted octanol–water partition coefficient (Wildman–Crippen LogP) is 3.56. The number of nitrogens with zero attached hydrogens (tertiary/aromatic N) is 1. The van der Waals surface area contributed by atoms with Gasteiger partial charge in [-0.1, -0.05) is 65.7 Å². The van der Waals surface area contributed by atoms with E-state index in [9.17, 15) is 14.7 Å². The molecule has 182 valence electrons. The Balaban J connectivity index is 1.48. The van der Waals surface area contributed by atoms with E-state index >= 15 is 0 Å². The van der Waals surface area contributed by atoms with Crippen LogP contribution in [0, 0.1) is 5.92 Å². The van der Waals surface area contributed by atoms with E-state index in [-0.39, 0.29) is 31.6 Å². The highest BCUT2D eigenvalue weighted by atomic mass is 35.5. The van der Waals surface area contributed by atoms with E-state index in [1.165, 1.54) is 0 Å². The van der Waals surface area contributed by atoms with Gasteiger partial charge in [0.05, 0.1) is 43.9 Å². The van der Waals surface area contributed by atoms with Crippen molar-refractivity contribution < 1.29 is 24.3 Å². The van der Waals surface area contributed by atoms with Gasteiger partial charge < -0.3 is 14.7 Å². The van der Waals surface area contributed by atoms with Gasteiger partial charge in [-0.05, 0) is 35.4 Å². The Morgan fingerprint density at radius 1 is 1.14 bits per heavy atom. The number of fused-ring (bicyclic) bond motifs is 1. The fourth-order valence-electron chi connectivity index (χ4n) is 5.00. The third-order valence-corrected chi connectivity index (χ3v) is 7.14. The summed E-state index contributed by atoms with van der Waals surface area (Å²) >= 11 is 12.2. The monoisotopic (exact) mass is 514 g/mol. The molecule has 1 fully saturated rings. The van der Waals surface area contributed by atoms with Gasteiger partial charge >= 0.3 is 0 Å². The standard InChI is InChI=1S/C26H24Cl2N2O5/c27-17-8-5-15(6-9-17)12-35-29-25(32)23-19-3-1-2-4-20(19)26(33)30(21-13-34-14-22(21)31)24(23)16-7-10-18(28)11-16/h1-11,16,21-24,31H,12-14H2,(H,29,32). The van der Waals surface area contributed by atoms with Crippen LogP contribution in [-0.4, -0.2) is 53.2 Å². The molecule has 5 rings (SSSR count). The van der Waals surface area contributed by atoms with Crippen LogP contribution in [0.1, 0.15) is 27.4 Å². The molecule has 5 unspecified atom stereocenters. The number of hydrogen-bond acceptors (Lipinski definition) is 5. The molecule has 9 heteroatoms. The number of carbonyl (C=O) groups is 2. The first kappa shape index (κ1) is 24.0. The van der Waals surface area contributed by atoms with Gasteiger partial charge in [0.15, 0.2) is 0 Å². The number of aliphatic hydroxyl groups excluding tert-OH is 1. The maximum Gasteiger partial charge on any atom is 0.254 e. The molecule has 5 atom stereocenters. The van der Waals surface area contributed by atoms with Gasteiger partial charge in [-0.15, -0.1) is 0 Å². The van der Waals surface area contributed by atoms with Gasteiger partial charge in [0.1, 0.15) is 0 Å². The van der Waals surface area contributed by atoms with Crippen LogP contribution in [0.25, 0.3) is 0 Å². The smallest absolute Gasteiger partial charge is 0.254 e. The number of nitrogens with one attached hydrogen (secondary N) is 1.